The zero-order valence-electron chi connectivity index (χ0n) is 12.0. The van der Waals surface area contributed by atoms with E-state index >= 15 is 0 Å². The highest BCUT2D eigenvalue weighted by atomic mass is 16.5. The van der Waals surface area contributed by atoms with Crippen molar-refractivity contribution in [3.05, 3.63) is 24.3 Å². The fraction of sp³-hybridized carbons (Fsp3) is 0.429. The van der Waals surface area contributed by atoms with Gasteiger partial charge in [-0.3, -0.25) is 10.1 Å². The molecule has 0 saturated carbocycles. The Morgan fingerprint density at radius 3 is 2.05 bits per heavy atom. The molecule has 1 rings (SSSR count). The molecule has 20 heavy (non-hydrogen) atoms. The monoisotopic (exact) mass is 279 g/mol. The number of methoxy groups -OCH3 is 1. The molecule has 6 heteroatoms. The molecule has 2 amide bonds. The molecule has 0 spiro atoms. The average molecular weight is 279 g/mol. The molecule has 4 N–H and O–H groups in total. The molecule has 0 saturated heterocycles. The van der Waals surface area contributed by atoms with Crippen molar-refractivity contribution in [2.24, 2.45) is 17.6 Å². The second-order valence-corrected chi connectivity index (χ2v) is 4.77. The minimum absolute atomic E-state index is 0.101. The number of nitrogens with one attached hydrogen (secondary N) is 2. The summed E-state index contributed by atoms with van der Waals surface area (Å²) < 4.78 is 4.49. The van der Waals surface area contributed by atoms with E-state index in [2.05, 4.69) is 15.4 Å². The fourth-order valence-electron chi connectivity index (χ4n) is 1.72. The Kier molecular flexibility index (Phi) is 5.99. The summed E-state index contributed by atoms with van der Waals surface area (Å²) in [5.74, 6) is -0.140. The predicted molar refractivity (Wildman–Crippen MR) is 78.5 cm³/mol. The molecule has 0 aromatic heterocycles. The molecule has 0 aliphatic carbocycles. The second-order valence-electron chi connectivity index (χ2n) is 4.77. The van der Waals surface area contributed by atoms with Gasteiger partial charge in [-0.15, -0.1) is 0 Å². The van der Waals surface area contributed by atoms with Gasteiger partial charge in [0.2, 0.25) is 5.91 Å². The summed E-state index contributed by atoms with van der Waals surface area (Å²) in [6.07, 6.45) is -0.537. The summed E-state index contributed by atoms with van der Waals surface area (Å²) in [5, 5.41) is 5.34. The van der Waals surface area contributed by atoms with Gasteiger partial charge in [0.05, 0.1) is 13.0 Å². The number of rotatable bonds is 5. The van der Waals surface area contributed by atoms with Crippen molar-refractivity contribution in [3.8, 4) is 0 Å². The van der Waals surface area contributed by atoms with Crippen LogP contribution in [0, 0.1) is 11.8 Å². The van der Waals surface area contributed by atoms with Crippen LogP contribution >= 0.6 is 0 Å². The van der Waals surface area contributed by atoms with E-state index < -0.39 is 6.09 Å². The summed E-state index contributed by atoms with van der Waals surface area (Å²) in [5.41, 5.74) is 6.85. The van der Waals surface area contributed by atoms with Gasteiger partial charge in [-0.2, -0.15) is 0 Å². The van der Waals surface area contributed by atoms with Crippen LogP contribution in [0.25, 0.3) is 0 Å². The Morgan fingerprint density at radius 1 is 1.15 bits per heavy atom. The number of hydrogen-bond donors (Lipinski definition) is 3. The number of hydrogen-bond acceptors (Lipinski definition) is 4. The van der Waals surface area contributed by atoms with Gasteiger partial charge in [0.1, 0.15) is 0 Å². The molecule has 1 atom stereocenters. The van der Waals surface area contributed by atoms with Gasteiger partial charge < -0.3 is 15.8 Å². The average Bonchev–Trinajstić information content (AvgIpc) is 2.41. The summed E-state index contributed by atoms with van der Waals surface area (Å²) in [6, 6.07) is 6.77. The van der Waals surface area contributed by atoms with Gasteiger partial charge in [-0.25, -0.2) is 4.79 Å². The Balaban J connectivity index is 2.65. The van der Waals surface area contributed by atoms with Gasteiger partial charge in [-0.1, -0.05) is 13.8 Å². The molecule has 0 heterocycles. The van der Waals surface area contributed by atoms with Crippen LogP contribution in [0.4, 0.5) is 16.2 Å². The largest absolute Gasteiger partial charge is 0.453 e. The summed E-state index contributed by atoms with van der Waals surface area (Å²) >= 11 is 0. The minimum atomic E-state index is -0.537. The number of carbonyl (C=O) groups is 2. The highest BCUT2D eigenvalue weighted by Crippen LogP contribution is 2.16. The minimum Gasteiger partial charge on any atom is -0.453 e. The van der Waals surface area contributed by atoms with E-state index in [1.165, 1.54) is 7.11 Å². The van der Waals surface area contributed by atoms with E-state index in [-0.39, 0.29) is 17.7 Å². The van der Waals surface area contributed by atoms with Crippen LogP contribution in [0.2, 0.25) is 0 Å². The number of benzene rings is 1. The van der Waals surface area contributed by atoms with Crippen molar-refractivity contribution < 1.29 is 14.3 Å². The van der Waals surface area contributed by atoms with Crippen LogP contribution in [0.15, 0.2) is 24.3 Å². The number of nitrogens with two attached hydrogens (primary N) is 1. The molecular formula is C14H21N3O3. The quantitative estimate of drug-likeness (QED) is 0.768. The molecule has 6 nitrogen and oxygen atoms in total. The molecule has 110 valence electrons. The normalized spacial score (nSPS) is 11.8. The van der Waals surface area contributed by atoms with E-state index in [0.717, 1.165) is 0 Å². The first-order valence-corrected chi connectivity index (χ1v) is 6.44. The van der Waals surface area contributed by atoms with Gasteiger partial charge in [0.15, 0.2) is 0 Å². The third kappa shape index (κ3) is 4.55. The Bertz CT molecular complexity index is 457. The fourth-order valence-corrected chi connectivity index (χ4v) is 1.72. The van der Waals surface area contributed by atoms with Gasteiger partial charge in [-0.05, 0) is 30.2 Å². The zero-order valence-corrected chi connectivity index (χ0v) is 12.0. The third-order valence-electron chi connectivity index (χ3n) is 2.98. The van der Waals surface area contributed by atoms with E-state index in [4.69, 9.17) is 5.73 Å². The van der Waals surface area contributed by atoms with Crippen LogP contribution in [0.5, 0.6) is 0 Å². The van der Waals surface area contributed by atoms with Crippen molar-refractivity contribution in [2.45, 2.75) is 13.8 Å². The lowest BCUT2D eigenvalue weighted by Gasteiger charge is -2.18. The zero-order chi connectivity index (χ0) is 15.1. The van der Waals surface area contributed by atoms with E-state index in [1.807, 2.05) is 13.8 Å². The lowest BCUT2D eigenvalue weighted by Crippen LogP contribution is -2.33. The van der Waals surface area contributed by atoms with Crippen LogP contribution in [0.1, 0.15) is 13.8 Å². The Morgan fingerprint density at radius 2 is 1.65 bits per heavy atom. The molecule has 0 aliphatic rings. The maximum Gasteiger partial charge on any atom is 0.411 e. The van der Waals surface area contributed by atoms with E-state index in [1.54, 1.807) is 24.3 Å². The smallest absolute Gasteiger partial charge is 0.411 e. The number of ether oxygens (including phenoxy) is 1. The van der Waals surface area contributed by atoms with Crippen molar-refractivity contribution in [2.75, 3.05) is 24.3 Å². The second kappa shape index (κ2) is 7.49. The highest BCUT2D eigenvalue weighted by molar-refractivity contribution is 5.93. The van der Waals surface area contributed by atoms with Crippen LogP contribution in [0.3, 0.4) is 0 Å². The Labute approximate surface area is 118 Å². The maximum absolute atomic E-state index is 12.0. The van der Waals surface area contributed by atoms with Gasteiger partial charge in [0, 0.05) is 17.9 Å². The predicted octanol–water partition coefficient (Wildman–Crippen LogP) is 2.03. The number of anilines is 2. The van der Waals surface area contributed by atoms with Crippen LogP contribution < -0.4 is 16.4 Å². The molecule has 1 aromatic carbocycles. The van der Waals surface area contributed by atoms with Gasteiger partial charge in [0.25, 0.3) is 0 Å². The van der Waals surface area contributed by atoms with Crippen molar-refractivity contribution in [1.82, 2.24) is 0 Å². The lowest BCUT2D eigenvalue weighted by molar-refractivity contribution is -0.120. The summed E-state index contributed by atoms with van der Waals surface area (Å²) in [7, 11) is 1.29. The molecule has 1 unspecified atom stereocenters. The SMILES string of the molecule is COC(=O)Nc1ccc(NC(=O)C(CN)C(C)C)cc1. The maximum atomic E-state index is 12.0. The van der Waals surface area contributed by atoms with Crippen LogP contribution in [-0.2, 0) is 9.53 Å². The summed E-state index contributed by atoms with van der Waals surface area (Å²) in [4.78, 5) is 23.0. The topological polar surface area (TPSA) is 93.5 Å². The first-order chi connectivity index (χ1) is 9.47. The summed E-state index contributed by atoms with van der Waals surface area (Å²) in [6.45, 7) is 4.23. The van der Waals surface area contributed by atoms with Crippen LogP contribution in [-0.4, -0.2) is 25.7 Å². The van der Waals surface area contributed by atoms with E-state index in [9.17, 15) is 9.59 Å². The van der Waals surface area contributed by atoms with Crippen molar-refractivity contribution >= 4 is 23.4 Å². The lowest BCUT2D eigenvalue weighted by atomic mass is 9.95. The molecule has 0 radical (unpaired) electrons. The molecular weight excluding hydrogens is 258 g/mol. The Hall–Kier alpha value is -2.08. The first-order valence-electron chi connectivity index (χ1n) is 6.44. The van der Waals surface area contributed by atoms with Crippen molar-refractivity contribution in [1.29, 1.82) is 0 Å². The number of amides is 2. The third-order valence-corrected chi connectivity index (χ3v) is 2.98. The van der Waals surface area contributed by atoms with Crippen molar-refractivity contribution in [3.63, 3.8) is 0 Å². The number of carbonyl (C=O) groups excluding carboxylic acids is 2. The molecule has 0 fully saturated rings. The van der Waals surface area contributed by atoms with E-state index in [0.29, 0.717) is 17.9 Å². The highest BCUT2D eigenvalue weighted by Gasteiger charge is 2.20. The standard InChI is InChI=1S/C14H21N3O3/c1-9(2)12(8-15)13(18)16-10-4-6-11(7-5-10)17-14(19)20-3/h4-7,9,12H,8,15H2,1-3H3,(H,16,18)(H,17,19). The van der Waals surface area contributed by atoms with Gasteiger partial charge >= 0.3 is 6.09 Å². The molecule has 0 bridgehead atoms. The first kappa shape index (κ1) is 16.0. The molecule has 1 aromatic rings. The molecule has 0 aliphatic heterocycles.